The van der Waals surface area contributed by atoms with E-state index in [0.29, 0.717) is 11.3 Å². The number of hydrogen-bond donors (Lipinski definition) is 1. The van der Waals surface area contributed by atoms with Crippen LogP contribution in [0.5, 0.6) is 5.75 Å². The van der Waals surface area contributed by atoms with Gasteiger partial charge < -0.3 is 15.2 Å². The molecule has 2 N–H and O–H groups in total. The van der Waals surface area contributed by atoms with E-state index in [-0.39, 0.29) is 6.04 Å². The molecule has 0 heterocycles. The molecule has 0 saturated heterocycles. The van der Waals surface area contributed by atoms with Crippen molar-refractivity contribution in [3.8, 4) is 5.75 Å². The van der Waals surface area contributed by atoms with E-state index in [9.17, 15) is 13.2 Å². The number of nitrogens with two attached hydrogens (primary N) is 1. The second-order valence-electron chi connectivity index (χ2n) is 3.70. The zero-order valence-corrected chi connectivity index (χ0v) is 11.2. The van der Waals surface area contributed by atoms with Crippen LogP contribution < -0.4 is 10.5 Å². The standard InChI is InChI=1S/C11H13BrF3NO2/c1-7(16)9-4-8(12)2-3-10(9)18-6-17-5-11(13,14)15/h2-4,7H,5-6,16H2,1H3. The van der Waals surface area contributed by atoms with Crippen molar-refractivity contribution >= 4 is 15.9 Å². The number of halogens is 4. The first-order valence-corrected chi connectivity index (χ1v) is 5.91. The van der Waals surface area contributed by atoms with Gasteiger partial charge >= 0.3 is 6.18 Å². The smallest absolute Gasteiger partial charge is 0.411 e. The van der Waals surface area contributed by atoms with Crippen LogP contribution in [-0.2, 0) is 4.74 Å². The highest BCUT2D eigenvalue weighted by Crippen LogP contribution is 2.27. The molecule has 18 heavy (non-hydrogen) atoms. The number of rotatable bonds is 5. The summed E-state index contributed by atoms with van der Waals surface area (Å²) in [5, 5.41) is 0. The zero-order valence-electron chi connectivity index (χ0n) is 9.63. The van der Waals surface area contributed by atoms with Gasteiger partial charge in [-0.05, 0) is 25.1 Å². The molecule has 0 aliphatic carbocycles. The molecule has 1 unspecified atom stereocenters. The Balaban J connectivity index is 2.57. The Hall–Kier alpha value is -0.790. The fourth-order valence-electron chi connectivity index (χ4n) is 1.27. The largest absolute Gasteiger partial charge is 0.467 e. The van der Waals surface area contributed by atoms with Crippen molar-refractivity contribution in [2.45, 2.75) is 19.1 Å². The van der Waals surface area contributed by atoms with Crippen LogP contribution >= 0.6 is 15.9 Å². The summed E-state index contributed by atoms with van der Waals surface area (Å²) in [6, 6.07) is 4.80. The molecule has 1 atom stereocenters. The van der Waals surface area contributed by atoms with E-state index in [1.54, 1.807) is 25.1 Å². The van der Waals surface area contributed by atoms with Crippen molar-refractivity contribution in [2.24, 2.45) is 5.73 Å². The Morgan fingerprint density at radius 1 is 1.39 bits per heavy atom. The van der Waals surface area contributed by atoms with Crippen molar-refractivity contribution in [3.63, 3.8) is 0 Å². The summed E-state index contributed by atoms with van der Waals surface area (Å²) in [4.78, 5) is 0. The first-order chi connectivity index (χ1) is 8.29. The molecule has 1 aromatic rings. The summed E-state index contributed by atoms with van der Waals surface area (Å²) in [5.74, 6) is 0.412. The third-order valence-corrected chi connectivity index (χ3v) is 2.52. The molecule has 0 aromatic heterocycles. The van der Waals surface area contributed by atoms with Gasteiger partial charge in [0, 0.05) is 16.1 Å². The Morgan fingerprint density at radius 2 is 2.06 bits per heavy atom. The van der Waals surface area contributed by atoms with E-state index >= 15 is 0 Å². The molecule has 102 valence electrons. The minimum atomic E-state index is -4.35. The Kier molecular flexibility index (Phi) is 5.43. The molecule has 0 amide bonds. The third kappa shape index (κ3) is 5.24. The van der Waals surface area contributed by atoms with Crippen molar-refractivity contribution in [2.75, 3.05) is 13.4 Å². The van der Waals surface area contributed by atoms with Crippen LogP contribution in [0, 0.1) is 0 Å². The van der Waals surface area contributed by atoms with E-state index in [2.05, 4.69) is 20.7 Å². The number of hydrogen-bond acceptors (Lipinski definition) is 3. The van der Waals surface area contributed by atoms with Crippen LogP contribution in [0.4, 0.5) is 13.2 Å². The van der Waals surface area contributed by atoms with Gasteiger partial charge in [0.25, 0.3) is 0 Å². The molecule has 1 aromatic carbocycles. The topological polar surface area (TPSA) is 44.5 Å². The van der Waals surface area contributed by atoms with Crippen molar-refractivity contribution in [3.05, 3.63) is 28.2 Å². The maximum Gasteiger partial charge on any atom is 0.411 e. The van der Waals surface area contributed by atoms with E-state index in [0.717, 1.165) is 4.47 Å². The molecule has 7 heteroatoms. The van der Waals surface area contributed by atoms with E-state index in [1.807, 2.05) is 0 Å². The summed E-state index contributed by atoms with van der Waals surface area (Å²) in [5.41, 5.74) is 6.43. The number of benzene rings is 1. The molecule has 0 saturated carbocycles. The fourth-order valence-corrected chi connectivity index (χ4v) is 1.65. The fraction of sp³-hybridized carbons (Fsp3) is 0.455. The zero-order chi connectivity index (χ0) is 13.8. The van der Waals surface area contributed by atoms with E-state index < -0.39 is 19.6 Å². The molecule has 0 aliphatic rings. The maximum absolute atomic E-state index is 11.8. The lowest BCUT2D eigenvalue weighted by atomic mass is 10.1. The van der Waals surface area contributed by atoms with Gasteiger partial charge in [-0.1, -0.05) is 15.9 Å². The normalized spacial score (nSPS) is 13.4. The predicted octanol–water partition coefficient (Wildman–Crippen LogP) is 3.38. The molecule has 0 radical (unpaired) electrons. The molecular weight excluding hydrogens is 315 g/mol. The van der Waals surface area contributed by atoms with Crippen LogP contribution in [0.2, 0.25) is 0 Å². The van der Waals surface area contributed by atoms with Gasteiger partial charge in [-0.3, -0.25) is 0 Å². The second kappa shape index (κ2) is 6.40. The van der Waals surface area contributed by atoms with Crippen LogP contribution in [-0.4, -0.2) is 19.6 Å². The molecule has 0 fully saturated rings. The van der Waals surface area contributed by atoms with Crippen molar-refractivity contribution in [1.82, 2.24) is 0 Å². The summed E-state index contributed by atoms with van der Waals surface area (Å²) < 4.78 is 45.8. The lowest BCUT2D eigenvalue weighted by Crippen LogP contribution is -2.19. The van der Waals surface area contributed by atoms with Crippen molar-refractivity contribution < 1.29 is 22.6 Å². The summed E-state index contributed by atoms with van der Waals surface area (Å²) in [7, 11) is 0. The van der Waals surface area contributed by atoms with Crippen LogP contribution in [0.25, 0.3) is 0 Å². The molecule has 3 nitrogen and oxygen atoms in total. The first kappa shape index (κ1) is 15.3. The summed E-state index contributed by atoms with van der Waals surface area (Å²) >= 11 is 3.28. The Morgan fingerprint density at radius 3 is 2.61 bits per heavy atom. The predicted molar refractivity (Wildman–Crippen MR) is 64.2 cm³/mol. The van der Waals surface area contributed by atoms with Gasteiger partial charge in [-0.15, -0.1) is 0 Å². The van der Waals surface area contributed by atoms with Gasteiger partial charge in [-0.25, -0.2) is 0 Å². The summed E-state index contributed by atoms with van der Waals surface area (Å²) in [6.45, 7) is -0.0525. The van der Waals surface area contributed by atoms with Gasteiger partial charge in [0.1, 0.15) is 12.4 Å². The maximum atomic E-state index is 11.8. The lowest BCUT2D eigenvalue weighted by molar-refractivity contribution is -0.186. The van der Waals surface area contributed by atoms with E-state index in [1.165, 1.54) is 0 Å². The molecule has 1 rings (SSSR count). The molecular formula is C11H13BrF3NO2. The average Bonchev–Trinajstić information content (AvgIpc) is 2.24. The van der Waals surface area contributed by atoms with E-state index in [4.69, 9.17) is 10.5 Å². The Bertz CT molecular complexity index is 396. The van der Waals surface area contributed by atoms with Crippen LogP contribution in [0.1, 0.15) is 18.5 Å². The SMILES string of the molecule is CC(N)c1cc(Br)ccc1OCOCC(F)(F)F. The lowest BCUT2D eigenvalue weighted by Gasteiger charge is -2.15. The highest BCUT2D eigenvalue weighted by atomic mass is 79.9. The highest BCUT2D eigenvalue weighted by Gasteiger charge is 2.27. The molecule has 0 aliphatic heterocycles. The number of alkyl halides is 3. The Labute approximate surface area is 111 Å². The molecule has 0 spiro atoms. The number of ether oxygens (including phenoxy) is 2. The monoisotopic (exact) mass is 327 g/mol. The second-order valence-corrected chi connectivity index (χ2v) is 4.61. The van der Waals surface area contributed by atoms with Gasteiger partial charge in [0.2, 0.25) is 0 Å². The van der Waals surface area contributed by atoms with Crippen LogP contribution in [0.15, 0.2) is 22.7 Å². The van der Waals surface area contributed by atoms with Gasteiger partial charge in [0.15, 0.2) is 6.79 Å². The minimum absolute atomic E-state index is 0.292. The van der Waals surface area contributed by atoms with Gasteiger partial charge in [-0.2, -0.15) is 13.2 Å². The highest BCUT2D eigenvalue weighted by molar-refractivity contribution is 9.10. The molecule has 0 bridgehead atoms. The van der Waals surface area contributed by atoms with Crippen molar-refractivity contribution in [1.29, 1.82) is 0 Å². The first-order valence-electron chi connectivity index (χ1n) is 5.12. The summed E-state index contributed by atoms with van der Waals surface area (Å²) in [6.07, 6.45) is -4.35. The van der Waals surface area contributed by atoms with Crippen LogP contribution in [0.3, 0.4) is 0 Å². The van der Waals surface area contributed by atoms with Gasteiger partial charge in [0.05, 0.1) is 0 Å². The third-order valence-electron chi connectivity index (χ3n) is 2.03. The quantitative estimate of drug-likeness (QED) is 0.666. The average molecular weight is 328 g/mol. The minimum Gasteiger partial charge on any atom is -0.467 e.